The van der Waals surface area contributed by atoms with Gasteiger partial charge in [-0.1, -0.05) is 18.2 Å². The standard InChI is InChI=1S/C21H25F2N3/c1-25-10-12-26(13-11-25)20-7-6-18-17(15-2-4-16(22)5-3-15)8-9-24-14-19(18)21(20)23/h2-7,17,24H,8-14H2,1H3. The molecule has 0 amide bonds. The van der Waals surface area contributed by atoms with Crippen LogP contribution in [-0.2, 0) is 6.54 Å². The summed E-state index contributed by atoms with van der Waals surface area (Å²) in [5.41, 5.74) is 3.53. The molecule has 2 aromatic carbocycles. The summed E-state index contributed by atoms with van der Waals surface area (Å²) in [5, 5.41) is 3.35. The van der Waals surface area contributed by atoms with Crippen LogP contribution in [0, 0.1) is 11.6 Å². The highest BCUT2D eigenvalue weighted by molar-refractivity contribution is 5.55. The molecule has 0 aliphatic carbocycles. The van der Waals surface area contributed by atoms with Gasteiger partial charge < -0.3 is 15.1 Å². The Hall–Kier alpha value is -1.98. The molecule has 3 nitrogen and oxygen atoms in total. The van der Waals surface area contributed by atoms with E-state index in [2.05, 4.69) is 28.2 Å². The third kappa shape index (κ3) is 3.33. The van der Waals surface area contributed by atoms with Crippen LogP contribution in [0.15, 0.2) is 36.4 Å². The van der Waals surface area contributed by atoms with Crippen LogP contribution in [0.3, 0.4) is 0 Å². The van der Waals surface area contributed by atoms with Crippen molar-refractivity contribution < 1.29 is 8.78 Å². The van der Waals surface area contributed by atoms with Gasteiger partial charge in [-0.2, -0.15) is 0 Å². The Labute approximate surface area is 153 Å². The summed E-state index contributed by atoms with van der Waals surface area (Å²) in [6, 6.07) is 10.6. The Balaban J connectivity index is 1.70. The maximum absolute atomic E-state index is 15.4. The molecule has 1 saturated heterocycles. The van der Waals surface area contributed by atoms with Crippen LogP contribution in [0.1, 0.15) is 29.0 Å². The molecule has 1 unspecified atom stereocenters. The zero-order valence-electron chi connectivity index (χ0n) is 15.1. The van der Waals surface area contributed by atoms with E-state index >= 15 is 4.39 Å². The minimum Gasteiger partial charge on any atom is -0.367 e. The van der Waals surface area contributed by atoms with E-state index in [1.54, 1.807) is 0 Å². The van der Waals surface area contributed by atoms with Crippen molar-refractivity contribution in [2.24, 2.45) is 0 Å². The number of likely N-dealkylation sites (N-methyl/N-ethyl adjacent to an activating group) is 1. The predicted octanol–water partition coefficient (Wildman–Crippen LogP) is 3.34. The van der Waals surface area contributed by atoms with E-state index in [-0.39, 0.29) is 17.6 Å². The molecule has 1 fully saturated rings. The van der Waals surface area contributed by atoms with Gasteiger partial charge in [0.25, 0.3) is 0 Å². The van der Waals surface area contributed by atoms with Crippen molar-refractivity contribution in [1.82, 2.24) is 10.2 Å². The van der Waals surface area contributed by atoms with Crippen molar-refractivity contribution in [3.8, 4) is 0 Å². The van der Waals surface area contributed by atoms with Crippen molar-refractivity contribution in [3.63, 3.8) is 0 Å². The summed E-state index contributed by atoms with van der Waals surface area (Å²) in [6.07, 6.45) is 0.881. The fourth-order valence-corrected chi connectivity index (χ4v) is 4.08. The van der Waals surface area contributed by atoms with E-state index in [9.17, 15) is 4.39 Å². The Bertz CT molecular complexity index is 768. The molecule has 2 aliphatic heterocycles. The molecule has 26 heavy (non-hydrogen) atoms. The summed E-state index contributed by atoms with van der Waals surface area (Å²) < 4.78 is 28.7. The first kappa shape index (κ1) is 17.4. The third-order valence-electron chi connectivity index (χ3n) is 5.66. The van der Waals surface area contributed by atoms with Gasteiger partial charge >= 0.3 is 0 Å². The fraction of sp³-hybridized carbons (Fsp3) is 0.429. The first-order valence-corrected chi connectivity index (χ1v) is 9.34. The lowest BCUT2D eigenvalue weighted by molar-refractivity contribution is 0.311. The van der Waals surface area contributed by atoms with Gasteiger partial charge in [-0.05, 0) is 49.3 Å². The average molecular weight is 357 g/mol. The molecule has 0 radical (unpaired) electrons. The number of nitrogens with zero attached hydrogens (tertiary/aromatic N) is 2. The van der Waals surface area contributed by atoms with Gasteiger partial charge in [0.05, 0.1) is 5.69 Å². The maximum Gasteiger partial charge on any atom is 0.151 e. The summed E-state index contributed by atoms with van der Waals surface area (Å²) in [6.45, 7) is 4.96. The predicted molar refractivity (Wildman–Crippen MR) is 101 cm³/mol. The molecule has 138 valence electrons. The first-order valence-electron chi connectivity index (χ1n) is 9.34. The highest BCUT2D eigenvalue weighted by Gasteiger charge is 2.26. The number of fused-ring (bicyclic) bond motifs is 1. The van der Waals surface area contributed by atoms with Gasteiger partial charge in [0.15, 0.2) is 5.82 Å². The Morgan fingerprint density at radius 1 is 0.962 bits per heavy atom. The fourth-order valence-electron chi connectivity index (χ4n) is 4.08. The quantitative estimate of drug-likeness (QED) is 0.889. The van der Waals surface area contributed by atoms with Crippen LogP contribution in [0.2, 0.25) is 0 Å². The topological polar surface area (TPSA) is 18.5 Å². The van der Waals surface area contributed by atoms with E-state index in [1.165, 1.54) is 12.1 Å². The number of nitrogens with one attached hydrogen (secondary N) is 1. The van der Waals surface area contributed by atoms with E-state index in [4.69, 9.17) is 0 Å². The zero-order chi connectivity index (χ0) is 18.1. The highest BCUT2D eigenvalue weighted by atomic mass is 19.1. The van der Waals surface area contributed by atoms with Crippen molar-refractivity contribution in [2.45, 2.75) is 18.9 Å². The minimum atomic E-state index is -0.239. The van der Waals surface area contributed by atoms with Gasteiger partial charge in [0.2, 0.25) is 0 Å². The molecule has 0 spiro atoms. The number of hydrogen-bond donors (Lipinski definition) is 1. The van der Waals surface area contributed by atoms with Gasteiger partial charge in [0, 0.05) is 44.2 Å². The number of anilines is 1. The number of halogens is 2. The SMILES string of the molecule is CN1CCN(c2ccc3c(c2F)CNCCC3c2ccc(F)cc2)CC1. The second-order valence-electron chi connectivity index (χ2n) is 7.33. The second-order valence-corrected chi connectivity index (χ2v) is 7.33. The largest absolute Gasteiger partial charge is 0.367 e. The van der Waals surface area contributed by atoms with Crippen LogP contribution in [0.5, 0.6) is 0 Å². The summed E-state index contributed by atoms with van der Waals surface area (Å²) >= 11 is 0. The van der Waals surface area contributed by atoms with Crippen LogP contribution < -0.4 is 10.2 Å². The molecule has 0 saturated carbocycles. The monoisotopic (exact) mass is 357 g/mol. The Morgan fingerprint density at radius 2 is 1.69 bits per heavy atom. The lowest BCUT2D eigenvalue weighted by Crippen LogP contribution is -2.45. The number of rotatable bonds is 2. The van der Waals surface area contributed by atoms with Crippen molar-refractivity contribution in [2.75, 3.05) is 44.7 Å². The molecule has 1 atom stereocenters. The second kappa shape index (κ2) is 7.33. The molecule has 0 bridgehead atoms. The Kier molecular flexibility index (Phi) is 4.92. The average Bonchev–Trinajstić information content (AvgIpc) is 2.87. The zero-order valence-corrected chi connectivity index (χ0v) is 15.1. The lowest BCUT2D eigenvalue weighted by atomic mass is 9.86. The molecule has 5 heteroatoms. The maximum atomic E-state index is 15.4. The molecule has 1 N–H and O–H groups in total. The van der Waals surface area contributed by atoms with Gasteiger partial charge in [-0.25, -0.2) is 8.78 Å². The smallest absolute Gasteiger partial charge is 0.151 e. The molecular weight excluding hydrogens is 332 g/mol. The molecule has 4 rings (SSSR count). The highest BCUT2D eigenvalue weighted by Crippen LogP contribution is 2.36. The van der Waals surface area contributed by atoms with Gasteiger partial charge in [0.1, 0.15) is 5.82 Å². The van der Waals surface area contributed by atoms with Gasteiger partial charge in [-0.3, -0.25) is 0 Å². The summed E-state index contributed by atoms with van der Waals surface area (Å²) in [7, 11) is 2.10. The third-order valence-corrected chi connectivity index (χ3v) is 5.66. The first-order chi connectivity index (χ1) is 12.6. The van der Waals surface area contributed by atoms with Crippen molar-refractivity contribution in [3.05, 3.63) is 64.7 Å². The van der Waals surface area contributed by atoms with Crippen LogP contribution in [-0.4, -0.2) is 44.7 Å². The number of piperazine rings is 1. The van der Waals surface area contributed by atoms with Gasteiger partial charge in [-0.15, -0.1) is 0 Å². The summed E-state index contributed by atoms with van der Waals surface area (Å²) in [5.74, 6) is -0.248. The molecular formula is C21H25F2N3. The lowest BCUT2D eigenvalue weighted by Gasteiger charge is -2.35. The number of benzene rings is 2. The molecule has 2 heterocycles. The van der Waals surface area contributed by atoms with Crippen LogP contribution in [0.25, 0.3) is 0 Å². The number of hydrogen-bond acceptors (Lipinski definition) is 3. The van der Waals surface area contributed by atoms with Crippen LogP contribution >= 0.6 is 0 Å². The van der Waals surface area contributed by atoms with Crippen molar-refractivity contribution >= 4 is 5.69 Å². The van der Waals surface area contributed by atoms with E-state index < -0.39 is 0 Å². The molecule has 0 aromatic heterocycles. The van der Waals surface area contributed by atoms with E-state index in [0.717, 1.165) is 55.8 Å². The van der Waals surface area contributed by atoms with Crippen LogP contribution in [0.4, 0.5) is 14.5 Å². The van der Waals surface area contributed by atoms with E-state index in [1.807, 2.05) is 18.2 Å². The molecule has 2 aromatic rings. The molecule has 2 aliphatic rings. The van der Waals surface area contributed by atoms with E-state index in [0.29, 0.717) is 12.2 Å². The summed E-state index contributed by atoms with van der Waals surface area (Å²) in [4.78, 5) is 4.41. The minimum absolute atomic E-state index is 0.0941. The van der Waals surface area contributed by atoms with Crippen molar-refractivity contribution in [1.29, 1.82) is 0 Å². The normalized spacial score (nSPS) is 21.3. The Morgan fingerprint density at radius 3 is 2.42 bits per heavy atom.